The number of aromatic nitrogens is 2. The summed E-state index contributed by atoms with van der Waals surface area (Å²) in [5.41, 5.74) is 3.94. The molecular formula is C26H24N4O2S. The van der Waals surface area contributed by atoms with E-state index in [0.29, 0.717) is 5.11 Å². The fraction of sp³-hybridized carbons (Fsp3) is 0.154. The summed E-state index contributed by atoms with van der Waals surface area (Å²) in [5.74, 6) is 1.58. The average molecular weight is 457 g/mol. The Morgan fingerprint density at radius 2 is 1.67 bits per heavy atom. The van der Waals surface area contributed by atoms with E-state index in [1.54, 1.807) is 14.2 Å². The van der Waals surface area contributed by atoms with Gasteiger partial charge in [-0.05, 0) is 72.9 Å². The summed E-state index contributed by atoms with van der Waals surface area (Å²) in [6.45, 7) is 0. The van der Waals surface area contributed by atoms with Crippen molar-refractivity contribution in [3.05, 3.63) is 103 Å². The van der Waals surface area contributed by atoms with Gasteiger partial charge >= 0.3 is 0 Å². The highest BCUT2D eigenvalue weighted by atomic mass is 32.1. The number of hydrogen-bond acceptors (Lipinski definition) is 4. The standard InChI is InChI=1S/C26H24N4O2S/c1-31-19-14-12-18(13-15-19)29-17-7-10-22(29)25-24(20-8-5-6-16-27-20)28-26(33)30(25)21-9-3-4-11-23(21)32-2/h3-17,24-25H,1-2H3,(H,28,33)/t24-,25+/m1/s1. The van der Waals surface area contributed by atoms with E-state index in [-0.39, 0.29) is 12.1 Å². The molecule has 0 unspecified atom stereocenters. The average Bonchev–Trinajstić information content (AvgIpc) is 3.48. The van der Waals surface area contributed by atoms with Gasteiger partial charge < -0.3 is 24.3 Å². The van der Waals surface area contributed by atoms with Crippen LogP contribution in [-0.2, 0) is 0 Å². The van der Waals surface area contributed by atoms with Crippen molar-refractivity contribution in [3.8, 4) is 17.2 Å². The van der Waals surface area contributed by atoms with Gasteiger partial charge in [0.05, 0.1) is 31.6 Å². The van der Waals surface area contributed by atoms with Crippen molar-refractivity contribution < 1.29 is 9.47 Å². The first kappa shape index (κ1) is 21.0. The Balaban J connectivity index is 1.67. The van der Waals surface area contributed by atoms with Crippen LogP contribution in [0, 0.1) is 0 Å². The molecule has 2 aromatic carbocycles. The molecule has 166 valence electrons. The zero-order valence-corrected chi connectivity index (χ0v) is 19.2. The van der Waals surface area contributed by atoms with Gasteiger partial charge in [0.25, 0.3) is 0 Å². The number of thiocarbonyl (C=S) groups is 1. The molecule has 1 aliphatic heterocycles. The highest BCUT2D eigenvalue weighted by molar-refractivity contribution is 7.80. The van der Waals surface area contributed by atoms with Gasteiger partial charge in [0, 0.05) is 23.8 Å². The molecule has 1 fully saturated rings. The second kappa shape index (κ2) is 8.96. The van der Waals surface area contributed by atoms with Crippen LogP contribution in [0.2, 0.25) is 0 Å². The maximum Gasteiger partial charge on any atom is 0.174 e. The summed E-state index contributed by atoms with van der Waals surface area (Å²) in [7, 11) is 3.35. The van der Waals surface area contributed by atoms with Crippen molar-refractivity contribution >= 4 is 23.0 Å². The number of nitrogens with zero attached hydrogens (tertiary/aromatic N) is 3. The van der Waals surface area contributed by atoms with Crippen molar-refractivity contribution in [2.24, 2.45) is 0 Å². The van der Waals surface area contributed by atoms with Gasteiger partial charge in [-0.15, -0.1) is 0 Å². The molecular weight excluding hydrogens is 432 g/mol. The van der Waals surface area contributed by atoms with Crippen LogP contribution in [0.25, 0.3) is 5.69 Å². The molecule has 0 radical (unpaired) electrons. The molecule has 2 atom stereocenters. The minimum atomic E-state index is -0.152. The van der Waals surface area contributed by atoms with Gasteiger partial charge in [0.15, 0.2) is 5.11 Å². The lowest BCUT2D eigenvalue weighted by Crippen LogP contribution is -2.30. The molecule has 0 amide bonds. The summed E-state index contributed by atoms with van der Waals surface area (Å²) in [6, 6.07) is 25.8. The van der Waals surface area contributed by atoms with Gasteiger partial charge in [-0.2, -0.15) is 0 Å². The molecule has 6 nitrogen and oxygen atoms in total. The van der Waals surface area contributed by atoms with E-state index in [4.69, 9.17) is 21.7 Å². The van der Waals surface area contributed by atoms with Crippen LogP contribution in [0.1, 0.15) is 23.5 Å². The summed E-state index contributed by atoms with van der Waals surface area (Å²) < 4.78 is 13.2. The molecule has 2 aromatic heterocycles. The third kappa shape index (κ3) is 3.81. The monoisotopic (exact) mass is 456 g/mol. The summed E-state index contributed by atoms with van der Waals surface area (Å²) >= 11 is 5.86. The SMILES string of the molecule is COc1ccc(-n2cccc2[C@H]2[C@@H](c3ccccn3)NC(=S)N2c2ccccc2OC)cc1. The fourth-order valence-electron chi connectivity index (χ4n) is 4.36. The molecule has 4 aromatic rings. The Kier molecular flexibility index (Phi) is 5.71. The third-order valence-electron chi connectivity index (χ3n) is 5.88. The Hall–Kier alpha value is -3.84. The van der Waals surface area contributed by atoms with Crippen molar-refractivity contribution in [1.82, 2.24) is 14.9 Å². The first-order valence-corrected chi connectivity index (χ1v) is 11.1. The minimum Gasteiger partial charge on any atom is -0.497 e. The Morgan fingerprint density at radius 1 is 0.879 bits per heavy atom. The van der Waals surface area contributed by atoms with E-state index < -0.39 is 0 Å². The first-order chi connectivity index (χ1) is 16.2. The van der Waals surface area contributed by atoms with E-state index in [0.717, 1.165) is 34.3 Å². The number of hydrogen-bond donors (Lipinski definition) is 1. The molecule has 33 heavy (non-hydrogen) atoms. The minimum absolute atomic E-state index is 0.143. The number of para-hydroxylation sites is 2. The number of benzene rings is 2. The number of pyridine rings is 1. The lowest BCUT2D eigenvalue weighted by molar-refractivity contribution is 0.414. The van der Waals surface area contributed by atoms with Crippen LogP contribution in [0.3, 0.4) is 0 Å². The molecule has 1 aliphatic rings. The molecule has 1 saturated heterocycles. The molecule has 0 saturated carbocycles. The van der Waals surface area contributed by atoms with Gasteiger partial charge in [-0.1, -0.05) is 18.2 Å². The van der Waals surface area contributed by atoms with Gasteiger partial charge in [0.1, 0.15) is 17.5 Å². The number of rotatable bonds is 6. The second-order valence-electron chi connectivity index (χ2n) is 7.67. The van der Waals surface area contributed by atoms with Crippen LogP contribution in [0.15, 0.2) is 91.3 Å². The molecule has 0 aliphatic carbocycles. The maximum atomic E-state index is 5.86. The van der Waals surface area contributed by atoms with Crippen LogP contribution < -0.4 is 19.7 Å². The number of methoxy groups -OCH3 is 2. The molecule has 7 heteroatoms. The van der Waals surface area contributed by atoms with Gasteiger partial charge in [0.2, 0.25) is 0 Å². The predicted octanol–water partition coefficient (Wildman–Crippen LogP) is 5.07. The van der Waals surface area contributed by atoms with Crippen LogP contribution in [0.4, 0.5) is 5.69 Å². The van der Waals surface area contributed by atoms with E-state index in [2.05, 4.69) is 38.1 Å². The van der Waals surface area contributed by atoms with Crippen LogP contribution >= 0.6 is 12.2 Å². The lowest BCUT2D eigenvalue weighted by Gasteiger charge is -2.30. The quantitative estimate of drug-likeness (QED) is 0.409. The van der Waals surface area contributed by atoms with E-state index >= 15 is 0 Å². The highest BCUT2D eigenvalue weighted by Crippen LogP contribution is 2.44. The normalized spacial score (nSPS) is 17.6. The molecule has 3 heterocycles. The van der Waals surface area contributed by atoms with Crippen LogP contribution in [0.5, 0.6) is 11.5 Å². The molecule has 0 bridgehead atoms. The predicted molar refractivity (Wildman–Crippen MR) is 133 cm³/mol. The maximum absolute atomic E-state index is 5.86. The van der Waals surface area contributed by atoms with E-state index in [1.165, 1.54) is 0 Å². The zero-order chi connectivity index (χ0) is 22.8. The zero-order valence-electron chi connectivity index (χ0n) is 18.4. The molecule has 1 N–H and O–H groups in total. The Morgan fingerprint density at radius 3 is 2.39 bits per heavy atom. The fourth-order valence-corrected chi connectivity index (χ4v) is 4.70. The second-order valence-corrected chi connectivity index (χ2v) is 8.06. The highest BCUT2D eigenvalue weighted by Gasteiger charge is 2.43. The van der Waals surface area contributed by atoms with Crippen molar-refractivity contribution in [2.45, 2.75) is 12.1 Å². The first-order valence-electron chi connectivity index (χ1n) is 10.7. The molecule has 5 rings (SSSR count). The Labute approximate surface area is 198 Å². The largest absolute Gasteiger partial charge is 0.497 e. The number of ether oxygens (including phenoxy) is 2. The summed E-state index contributed by atoms with van der Waals surface area (Å²) in [6.07, 6.45) is 3.87. The topological polar surface area (TPSA) is 51.5 Å². The van der Waals surface area contributed by atoms with Gasteiger partial charge in [-0.25, -0.2) is 0 Å². The smallest absolute Gasteiger partial charge is 0.174 e. The van der Waals surface area contributed by atoms with Crippen molar-refractivity contribution in [2.75, 3.05) is 19.1 Å². The van der Waals surface area contributed by atoms with Crippen molar-refractivity contribution in [1.29, 1.82) is 0 Å². The van der Waals surface area contributed by atoms with Crippen molar-refractivity contribution in [3.63, 3.8) is 0 Å². The van der Waals surface area contributed by atoms with E-state index in [1.807, 2.05) is 72.9 Å². The van der Waals surface area contributed by atoms with Crippen LogP contribution in [-0.4, -0.2) is 28.9 Å². The molecule has 0 spiro atoms. The van der Waals surface area contributed by atoms with E-state index in [9.17, 15) is 0 Å². The van der Waals surface area contributed by atoms with Gasteiger partial charge in [-0.3, -0.25) is 4.98 Å². The number of anilines is 1. The Bertz CT molecular complexity index is 1260. The number of nitrogens with one attached hydrogen (secondary N) is 1. The summed E-state index contributed by atoms with van der Waals surface area (Å²) in [4.78, 5) is 6.77. The lowest BCUT2D eigenvalue weighted by atomic mass is 10.0. The summed E-state index contributed by atoms with van der Waals surface area (Å²) in [5, 5.41) is 4.14. The third-order valence-corrected chi connectivity index (χ3v) is 6.19.